The summed E-state index contributed by atoms with van der Waals surface area (Å²) in [4.78, 5) is 11.7. The average Bonchev–Trinajstić information content (AvgIpc) is 2.31. The van der Waals surface area contributed by atoms with Gasteiger partial charge in [0, 0.05) is 25.8 Å². The Balaban J connectivity index is 1.49. The van der Waals surface area contributed by atoms with Crippen LogP contribution >= 0.6 is 0 Å². The summed E-state index contributed by atoms with van der Waals surface area (Å²) in [5.74, 6) is -0.342. The number of carbonyl (C=O) groups is 1. The summed E-state index contributed by atoms with van der Waals surface area (Å²) in [6.07, 6.45) is -3.75. The number of halogens is 4. The van der Waals surface area contributed by atoms with Gasteiger partial charge in [0.05, 0.1) is 5.54 Å². The molecule has 8 heteroatoms. The van der Waals surface area contributed by atoms with Gasteiger partial charge in [0.15, 0.2) is 0 Å². The molecular formula is C14H14F4N2O2. The zero-order valence-electron chi connectivity index (χ0n) is 11.5. The molecule has 0 heterocycles. The summed E-state index contributed by atoms with van der Waals surface area (Å²) in [7, 11) is 0. The van der Waals surface area contributed by atoms with Crippen molar-refractivity contribution in [2.45, 2.75) is 43.4 Å². The molecule has 3 saturated carbocycles. The normalized spacial score (nSPS) is 29.1. The molecular weight excluding hydrogens is 304 g/mol. The third-order valence-corrected chi connectivity index (χ3v) is 3.93. The molecule has 1 aromatic carbocycles. The van der Waals surface area contributed by atoms with Gasteiger partial charge in [-0.1, -0.05) is 12.1 Å². The lowest BCUT2D eigenvalue weighted by Gasteiger charge is -2.65. The number of amides is 2. The fourth-order valence-corrected chi connectivity index (χ4v) is 3.12. The van der Waals surface area contributed by atoms with Crippen molar-refractivity contribution in [3.8, 4) is 5.75 Å². The highest BCUT2D eigenvalue weighted by molar-refractivity contribution is 5.75. The number of nitrogens with one attached hydrogen (secondary N) is 2. The van der Waals surface area contributed by atoms with E-state index in [1.165, 1.54) is 18.2 Å². The molecule has 0 aliphatic heterocycles. The van der Waals surface area contributed by atoms with Gasteiger partial charge in [-0.2, -0.15) is 0 Å². The van der Waals surface area contributed by atoms with Crippen LogP contribution in [0.5, 0.6) is 5.75 Å². The van der Waals surface area contributed by atoms with Gasteiger partial charge in [0.25, 0.3) is 0 Å². The Morgan fingerprint density at radius 1 is 1.27 bits per heavy atom. The van der Waals surface area contributed by atoms with E-state index in [4.69, 9.17) is 0 Å². The molecule has 3 aliphatic carbocycles. The summed E-state index contributed by atoms with van der Waals surface area (Å²) >= 11 is 0. The summed E-state index contributed by atoms with van der Waals surface area (Å²) in [6, 6.07) is 4.90. The van der Waals surface area contributed by atoms with Crippen LogP contribution < -0.4 is 15.4 Å². The van der Waals surface area contributed by atoms with Crippen LogP contribution in [0.4, 0.5) is 22.4 Å². The number of benzene rings is 1. The van der Waals surface area contributed by atoms with Crippen molar-refractivity contribution in [3.63, 3.8) is 0 Å². The Morgan fingerprint density at radius 3 is 2.55 bits per heavy atom. The molecule has 0 radical (unpaired) electrons. The van der Waals surface area contributed by atoms with Crippen molar-refractivity contribution in [2.75, 3.05) is 0 Å². The zero-order valence-corrected chi connectivity index (χ0v) is 11.5. The van der Waals surface area contributed by atoms with Crippen LogP contribution in [0.1, 0.15) is 24.8 Å². The fourth-order valence-electron chi connectivity index (χ4n) is 3.12. The third-order valence-electron chi connectivity index (χ3n) is 3.93. The minimum atomic E-state index is -4.75. The number of alkyl halides is 4. The lowest BCUT2D eigenvalue weighted by atomic mass is 9.47. The van der Waals surface area contributed by atoms with Crippen molar-refractivity contribution in [1.29, 1.82) is 0 Å². The van der Waals surface area contributed by atoms with E-state index < -0.39 is 23.6 Å². The van der Waals surface area contributed by atoms with Crippen molar-refractivity contribution < 1.29 is 27.1 Å². The largest absolute Gasteiger partial charge is 0.573 e. The standard InChI is InChI=1S/C14H14F4N2O2/c15-12-6-13(7-12,8-12)20-11(21)19-5-9-2-1-3-10(4-9)22-14(16,17)18/h1-4H,5-8H2,(H2,19,20,21). The molecule has 3 fully saturated rings. The van der Waals surface area contributed by atoms with Crippen molar-refractivity contribution in [1.82, 2.24) is 10.6 Å². The number of rotatable bonds is 4. The predicted octanol–water partition coefficient (Wildman–Crippen LogP) is 3.03. The van der Waals surface area contributed by atoms with Crippen LogP contribution in [-0.2, 0) is 6.54 Å². The highest BCUT2D eigenvalue weighted by atomic mass is 19.4. The van der Waals surface area contributed by atoms with Gasteiger partial charge < -0.3 is 15.4 Å². The van der Waals surface area contributed by atoms with Gasteiger partial charge in [0.1, 0.15) is 11.4 Å². The second-order valence-corrected chi connectivity index (χ2v) is 5.96. The van der Waals surface area contributed by atoms with Crippen LogP contribution in [-0.4, -0.2) is 23.6 Å². The van der Waals surface area contributed by atoms with Crippen LogP contribution in [0.2, 0.25) is 0 Å². The highest BCUT2D eigenvalue weighted by Crippen LogP contribution is 2.62. The zero-order chi connectivity index (χ0) is 16.0. The van der Waals surface area contributed by atoms with Crippen LogP contribution in [0.15, 0.2) is 24.3 Å². The van der Waals surface area contributed by atoms with Gasteiger partial charge in [0.2, 0.25) is 0 Å². The summed E-state index contributed by atoms with van der Waals surface area (Å²) in [5.41, 5.74) is -1.06. The van der Waals surface area contributed by atoms with Crippen LogP contribution in [0, 0.1) is 0 Å². The van der Waals surface area contributed by atoms with Crippen molar-refractivity contribution in [2.24, 2.45) is 0 Å². The van der Waals surface area contributed by atoms with E-state index >= 15 is 0 Å². The van der Waals surface area contributed by atoms with E-state index in [0.717, 1.165) is 0 Å². The molecule has 2 N–H and O–H groups in total. The number of urea groups is 1. The molecule has 0 saturated heterocycles. The molecule has 120 valence electrons. The maximum Gasteiger partial charge on any atom is 0.573 e. The van der Waals surface area contributed by atoms with E-state index in [2.05, 4.69) is 15.4 Å². The maximum atomic E-state index is 13.3. The molecule has 0 atom stereocenters. The number of carbonyl (C=O) groups excluding carboxylic acids is 1. The topological polar surface area (TPSA) is 50.4 Å². The second-order valence-electron chi connectivity index (χ2n) is 5.96. The van der Waals surface area contributed by atoms with Crippen LogP contribution in [0.25, 0.3) is 0 Å². The molecule has 0 spiro atoms. The lowest BCUT2D eigenvalue weighted by Crippen LogP contribution is -2.77. The SMILES string of the molecule is O=C(NCc1cccc(OC(F)(F)F)c1)NC12CC(F)(C1)C2. The van der Waals surface area contributed by atoms with E-state index in [0.29, 0.717) is 24.8 Å². The summed E-state index contributed by atoms with van der Waals surface area (Å²) < 4.78 is 53.5. The number of hydrogen-bond donors (Lipinski definition) is 2. The van der Waals surface area contributed by atoms with Crippen molar-refractivity contribution >= 4 is 6.03 Å². The Bertz CT molecular complexity index is 583. The summed E-state index contributed by atoms with van der Waals surface area (Å²) in [5, 5.41) is 5.25. The lowest BCUT2D eigenvalue weighted by molar-refractivity contribution is -0.274. The maximum absolute atomic E-state index is 13.3. The Kier molecular flexibility index (Phi) is 3.23. The minimum Gasteiger partial charge on any atom is -0.406 e. The summed E-state index contributed by atoms with van der Waals surface area (Å²) in [6.45, 7) is 0.0533. The second kappa shape index (κ2) is 4.76. The predicted molar refractivity (Wildman–Crippen MR) is 68.9 cm³/mol. The van der Waals surface area contributed by atoms with E-state index in [9.17, 15) is 22.4 Å². The van der Waals surface area contributed by atoms with Crippen molar-refractivity contribution in [3.05, 3.63) is 29.8 Å². The van der Waals surface area contributed by atoms with E-state index in [-0.39, 0.29) is 12.3 Å². The molecule has 2 bridgehead atoms. The van der Waals surface area contributed by atoms with Gasteiger partial charge >= 0.3 is 12.4 Å². The Labute approximate surface area is 123 Å². The smallest absolute Gasteiger partial charge is 0.406 e. The Morgan fingerprint density at radius 2 is 1.95 bits per heavy atom. The average molecular weight is 318 g/mol. The molecule has 22 heavy (non-hydrogen) atoms. The molecule has 0 aromatic heterocycles. The van der Waals surface area contributed by atoms with E-state index in [1.807, 2.05) is 0 Å². The van der Waals surface area contributed by atoms with Gasteiger partial charge in [-0.15, -0.1) is 13.2 Å². The number of ether oxygens (including phenoxy) is 1. The van der Waals surface area contributed by atoms with Gasteiger partial charge in [-0.05, 0) is 17.7 Å². The van der Waals surface area contributed by atoms with Crippen LogP contribution in [0.3, 0.4) is 0 Å². The van der Waals surface area contributed by atoms with Gasteiger partial charge in [-0.25, -0.2) is 9.18 Å². The molecule has 0 unspecified atom stereocenters. The highest BCUT2D eigenvalue weighted by Gasteiger charge is 2.69. The van der Waals surface area contributed by atoms with Gasteiger partial charge in [-0.3, -0.25) is 0 Å². The quantitative estimate of drug-likeness (QED) is 0.839. The molecule has 1 aromatic rings. The molecule has 4 nitrogen and oxygen atoms in total. The first kappa shape index (κ1) is 14.9. The monoisotopic (exact) mass is 318 g/mol. The van der Waals surface area contributed by atoms with E-state index in [1.54, 1.807) is 6.07 Å². The molecule has 4 rings (SSSR count). The molecule has 2 amide bonds. The third kappa shape index (κ3) is 3.10. The number of hydrogen-bond acceptors (Lipinski definition) is 2. The first-order chi connectivity index (χ1) is 10.2. The fraction of sp³-hybridized carbons (Fsp3) is 0.500. The Hall–Kier alpha value is -1.99. The molecule has 3 aliphatic rings. The minimum absolute atomic E-state index is 0.0533. The first-order valence-electron chi connectivity index (χ1n) is 6.77. The first-order valence-corrected chi connectivity index (χ1v) is 6.77.